The second kappa shape index (κ2) is 6.76. The van der Waals surface area contributed by atoms with Gasteiger partial charge in [0.25, 0.3) is 5.91 Å². The lowest BCUT2D eigenvalue weighted by molar-refractivity contribution is -0.113. The number of carbonyl (C=O) groups is 1. The lowest BCUT2D eigenvalue weighted by atomic mass is 10.2. The summed E-state index contributed by atoms with van der Waals surface area (Å²) < 4.78 is 0. The Morgan fingerprint density at radius 1 is 1.21 bits per heavy atom. The molecule has 122 valence electrons. The summed E-state index contributed by atoms with van der Waals surface area (Å²) in [5, 5.41) is 13.8. The molecule has 2 aromatic rings. The SMILES string of the molecule is Nc1ccc(/C=C2\SC(Nc3c(Cl)cccc3Cl)=NC2=O)cc1O. The van der Waals surface area contributed by atoms with E-state index in [9.17, 15) is 9.90 Å². The van der Waals surface area contributed by atoms with Gasteiger partial charge in [-0.2, -0.15) is 4.99 Å². The molecular weight excluding hydrogens is 369 g/mol. The van der Waals surface area contributed by atoms with Crippen molar-refractivity contribution in [2.75, 3.05) is 11.1 Å². The molecule has 0 saturated heterocycles. The molecule has 0 unspecified atom stereocenters. The smallest absolute Gasteiger partial charge is 0.286 e. The van der Waals surface area contributed by atoms with Crippen LogP contribution in [0.5, 0.6) is 5.75 Å². The van der Waals surface area contributed by atoms with Gasteiger partial charge in [-0.1, -0.05) is 35.3 Å². The number of halogens is 2. The third-order valence-electron chi connectivity index (χ3n) is 3.17. The molecule has 0 saturated carbocycles. The highest BCUT2D eigenvalue weighted by Crippen LogP contribution is 2.35. The number of thioether (sulfide) groups is 1. The van der Waals surface area contributed by atoms with Crippen LogP contribution in [0.4, 0.5) is 11.4 Å². The Morgan fingerprint density at radius 3 is 2.58 bits per heavy atom. The summed E-state index contributed by atoms with van der Waals surface area (Å²) in [5.74, 6) is -0.427. The highest BCUT2D eigenvalue weighted by Gasteiger charge is 2.23. The van der Waals surface area contributed by atoms with Crippen LogP contribution < -0.4 is 11.1 Å². The maximum Gasteiger partial charge on any atom is 0.286 e. The number of hydrogen-bond donors (Lipinski definition) is 3. The van der Waals surface area contributed by atoms with Crippen LogP contribution in [-0.2, 0) is 4.79 Å². The molecule has 0 radical (unpaired) electrons. The van der Waals surface area contributed by atoms with Crippen molar-refractivity contribution < 1.29 is 9.90 Å². The molecule has 0 bridgehead atoms. The molecule has 8 heteroatoms. The van der Waals surface area contributed by atoms with Crippen molar-refractivity contribution in [2.45, 2.75) is 0 Å². The third-order valence-corrected chi connectivity index (χ3v) is 4.70. The van der Waals surface area contributed by atoms with Gasteiger partial charge in [-0.3, -0.25) is 4.79 Å². The first-order valence-electron chi connectivity index (χ1n) is 6.76. The summed E-state index contributed by atoms with van der Waals surface area (Å²) >= 11 is 13.3. The van der Waals surface area contributed by atoms with E-state index in [1.807, 2.05) is 0 Å². The molecule has 3 rings (SSSR count). The fraction of sp³-hybridized carbons (Fsp3) is 0. The summed E-state index contributed by atoms with van der Waals surface area (Å²) in [4.78, 5) is 16.4. The molecular formula is C16H11Cl2N3O2S. The number of nitrogens with zero attached hydrogens (tertiary/aromatic N) is 1. The topological polar surface area (TPSA) is 87.7 Å². The van der Waals surface area contributed by atoms with Crippen LogP contribution in [0.3, 0.4) is 0 Å². The zero-order chi connectivity index (χ0) is 17.3. The number of phenolic OH excluding ortho intramolecular Hbond substituents is 1. The number of amides is 1. The number of phenols is 1. The lowest BCUT2D eigenvalue weighted by Crippen LogP contribution is -2.05. The number of amidine groups is 1. The van der Waals surface area contributed by atoms with Crippen LogP contribution in [0.25, 0.3) is 6.08 Å². The summed E-state index contributed by atoms with van der Waals surface area (Å²) in [5.41, 5.74) is 6.97. The van der Waals surface area contributed by atoms with E-state index in [1.165, 1.54) is 6.07 Å². The van der Waals surface area contributed by atoms with Crippen LogP contribution in [0.15, 0.2) is 46.3 Å². The van der Waals surface area contributed by atoms with Crippen molar-refractivity contribution in [1.82, 2.24) is 0 Å². The molecule has 24 heavy (non-hydrogen) atoms. The van der Waals surface area contributed by atoms with Crippen LogP contribution in [0, 0.1) is 0 Å². The van der Waals surface area contributed by atoms with Crippen LogP contribution in [0.1, 0.15) is 5.56 Å². The van der Waals surface area contributed by atoms with Gasteiger partial charge in [-0.15, -0.1) is 0 Å². The summed E-state index contributed by atoms with van der Waals surface area (Å²) in [6.07, 6.45) is 1.62. The summed E-state index contributed by atoms with van der Waals surface area (Å²) in [6, 6.07) is 9.84. The van der Waals surface area contributed by atoms with E-state index < -0.39 is 0 Å². The summed E-state index contributed by atoms with van der Waals surface area (Å²) in [6.45, 7) is 0. The first kappa shape index (κ1) is 16.7. The Kier molecular flexibility index (Phi) is 4.71. The molecule has 1 aliphatic heterocycles. The molecule has 1 heterocycles. The van der Waals surface area contributed by atoms with E-state index in [4.69, 9.17) is 28.9 Å². The normalized spacial score (nSPS) is 15.7. The first-order chi connectivity index (χ1) is 11.4. The van der Waals surface area contributed by atoms with Crippen molar-refractivity contribution in [3.63, 3.8) is 0 Å². The Labute approximate surface area is 152 Å². The number of benzene rings is 2. The fourth-order valence-electron chi connectivity index (χ4n) is 1.99. The van der Waals surface area contributed by atoms with Gasteiger partial charge in [-0.25, -0.2) is 0 Å². The zero-order valence-corrected chi connectivity index (χ0v) is 14.4. The number of aliphatic imine (C=N–C) groups is 1. The highest BCUT2D eigenvalue weighted by atomic mass is 35.5. The number of carbonyl (C=O) groups excluding carboxylic acids is 1. The van der Waals surface area contributed by atoms with Crippen molar-refractivity contribution in [3.05, 3.63) is 56.9 Å². The van der Waals surface area contributed by atoms with Crippen molar-refractivity contribution in [3.8, 4) is 5.75 Å². The predicted molar refractivity (Wildman–Crippen MR) is 101 cm³/mol. The molecule has 0 spiro atoms. The molecule has 1 amide bonds. The highest BCUT2D eigenvalue weighted by molar-refractivity contribution is 8.18. The van der Waals surface area contributed by atoms with E-state index in [0.717, 1.165) is 11.8 Å². The van der Waals surface area contributed by atoms with Crippen LogP contribution >= 0.6 is 35.0 Å². The number of anilines is 2. The molecule has 5 nitrogen and oxygen atoms in total. The van der Waals surface area contributed by atoms with Gasteiger partial charge in [0.1, 0.15) is 5.75 Å². The van der Waals surface area contributed by atoms with E-state index in [-0.39, 0.29) is 17.3 Å². The van der Waals surface area contributed by atoms with Crippen molar-refractivity contribution in [2.24, 2.45) is 4.99 Å². The second-order valence-electron chi connectivity index (χ2n) is 4.87. The number of rotatable bonds is 2. The average Bonchev–Trinajstić information content (AvgIpc) is 2.87. The molecule has 0 fully saturated rings. The lowest BCUT2D eigenvalue weighted by Gasteiger charge is -2.08. The Morgan fingerprint density at radius 2 is 1.92 bits per heavy atom. The molecule has 0 atom stereocenters. The van der Waals surface area contributed by atoms with Gasteiger partial charge < -0.3 is 16.2 Å². The van der Waals surface area contributed by atoms with E-state index in [1.54, 1.807) is 36.4 Å². The van der Waals surface area contributed by atoms with Crippen LogP contribution in [-0.4, -0.2) is 16.2 Å². The van der Waals surface area contributed by atoms with E-state index in [2.05, 4.69) is 10.3 Å². The summed E-state index contributed by atoms with van der Waals surface area (Å²) in [7, 11) is 0. The maximum absolute atomic E-state index is 12.0. The minimum atomic E-state index is -0.387. The number of nitrogens with two attached hydrogens (primary N) is 1. The quantitative estimate of drug-likeness (QED) is 0.409. The van der Waals surface area contributed by atoms with Gasteiger partial charge >= 0.3 is 0 Å². The monoisotopic (exact) mass is 379 g/mol. The van der Waals surface area contributed by atoms with Gasteiger partial charge in [0, 0.05) is 0 Å². The molecule has 0 aliphatic carbocycles. The van der Waals surface area contributed by atoms with E-state index in [0.29, 0.717) is 31.4 Å². The Hall–Kier alpha value is -2.15. The molecule has 0 aromatic heterocycles. The minimum Gasteiger partial charge on any atom is -0.506 e. The van der Waals surface area contributed by atoms with Crippen molar-refractivity contribution in [1.29, 1.82) is 0 Å². The Balaban J connectivity index is 1.81. The van der Waals surface area contributed by atoms with Gasteiger partial charge in [0.15, 0.2) is 5.17 Å². The maximum atomic E-state index is 12.0. The number of aromatic hydroxyl groups is 1. The third kappa shape index (κ3) is 3.51. The van der Waals surface area contributed by atoms with E-state index >= 15 is 0 Å². The number of nitrogen functional groups attached to an aromatic ring is 1. The number of hydrogen-bond acceptors (Lipinski definition) is 5. The van der Waals surface area contributed by atoms with Gasteiger partial charge in [-0.05, 0) is 47.7 Å². The van der Waals surface area contributed by atoms with Gasteiger partial charge in [0.05, 0.1) is 26.3 Å². The largest absolute Gasteiger partial charge is 0.506 e. The van der Waals surface area contributed by atoms with Crippen LogP contribution in [0.2, 0.25) is 10.0 Å². The molecule has 1 aliphatic rings. The molecule has 2 aromatic carbocycles. The number of nitrogens with one attached hydrogen (secondary N) is 1. The first-order valence-corrected chi connectivity index (χ1v) is 8.33. The Bertz CT molecular complexity index is 877. The van der Waals surface area contributed by atoms with Gasteiger partial charge in [0.2, 0.25) is 0 Å². The standard InChI is InChI=1S/C16H11Cl2N3O2S/c17-9-2-1-3-10(18)14(9)20-16-21-15(23)13(24-16)7-8-4-5-11(19)12(22)6-8/h1-7,22H,19H2,(H,20,21,23)/b13-7-. The predicted octanol–water partition coefficient (Wildman–Crippen LogP) is 4.36. The second-order valence-corrected chi connectivity index (χ2v) is 6.72. The van der Waals surface area contributed by atoms with Crippen molar-refractivity contribution >= 4 is 63.5 Å². The minimum absolute atomic E-state index is 0.0399. The number of para-hydroxylation sites is 1. The molecule has 4 N–H and O–H groups in total. The fourth-order valence-corrected chi connectivity index (χ4v) is 3.30. The zero-order valence-electron chi connectivity index (χ0n) is 12.1. The average molecular weight is 380 g/mol.